The molecule has 2 heterocycles. The lowest BCUT2D eigenvalue weighted by Gasteiger charge is -2.26. The number of hydrogen-bond acceptors (Lipinski definition) is 2. The number of halogens is 1. The van der Waals surface area contributed by atoms with Gasteiger partial charge in [0.1, 0.15) is 0 Å². The second-order valence-electron chi connectivity index (χ2n) is 6.96. The molecule has 0 unspecified atom stereocenters. The lowest BCUT2D eigenvalue weighted by molar-refractivity contribution is 0.0930. The van der Waals surface area contributed by atoms with E-state index < -0.39 is 0 Å². The highest BCUT2D eigenvalue weighted by molar-refractivity contribution is 5.96. The second-order valence-corrected chi connectivity index (χ2v) is 6.96. The molecule has 4 nitrogen and oxygen atoms in total. The maximum atomic E-state index is 12.6. The van der Waals surface area contributed by atoms with E-state index in [1.165, 1.54) is 37.8 Å². The average Bonchev–Trinajstić information content (AvgIpc) is 2.84. The molecule has 130 valence electrons. The number of piperidine rings is 1. The van der Waals surface area contributed by atoms with Crippen LogP contribution >= 0.6 is 12.4 Å². The maximum Gasteiger partial charge on any atom is 0.253 e. The van der Waals surface area contributed by atoms with Crippen LogP contribution in [0.4, 0.5) is 0 Å². The Labute approximate surface area is 145 Å². The molecule has 1 aromatic rings. The summed E-state index contributed by atoms with van der Waals surface area (Å²) in [5.74, 6) is 0.101. The Morgan fingerprint density at radius 2 is 1.91 bits per heavy atom. The fourth-order valence-corrected chi connectivity index (χ4v) is 4.15. The van der Waals surface area contributed by atoms with Crippen LogP contribution in [-0.2, 0) is 0 Å². The van der Waals surface area contributed by atoms with E-state index in [0.717, 1.165) is 37.2 Å². The summed E-state index contributed by atoms with van der Waals surface area (Å²) in [7, 11) is 0. The van der Waals surface area contributed by atoms with Crippen LogP contribution in [0.25, 0.3) is 0 Å². The maximum absolute atomic E-state index is 12.6. The Balaban J connectivity index is 0.00000192. The number of aromatic nitrogens is 1. The molecule has 5 heteroatoms. The highest BCUT2D eigenvalue weighted by Gasteiger charge is 2.24. The fourth-order valence-electron chi connectivity index (χ4n) is 4.15. The smallest absolute Gasteiger partial charge is 0.253 e. The summed E-state index contributed by atoms with van der Waals surface area (Å²) in [6.45, 7) is 6.21. The van der Waals surface area contributed by atoms with Crippen LogP contribution in [0.2, 0.25) is 0 Å². The number of aryl methyl sites for hydroxylation is 1. The first kappa shape index (κ1) is 18.3. The summed E-state index contributed by atoms with van der Waals surface area (Å²) >= 11 is 0. The van der Waals surface area contributed by atoms with Crippen molar-refractivity contribution in [3.8, 4) is 0 Å². The van der Waals surface area contributed by atoms with Crippen molar-refractivity contribution in [3.05, 3.63) is 23.0 Å². The van der Waals surface area contributed by atoms with Gasteiger partial charge in [-0.3, -0.25) is 4.79 Å². The predicted octanol–water partition coefficient (Wildman–Crippen LogP) is 3.51. The molecule has 1 saturated heterocycles. The van der Waals surface area contributed by atoms with Gasteiger partial charge in [-0.25, -0.2) is 0 Å². The van der Waals surface area contributed by atoms with E-state index in [2.05, 4.69) is 35.1 Å². The van der Waals surface area contributed by atoms with Crippen LogP contribution in [0.1, 0.15) is 72.7 Å². The van der Waals surface area contributed by atoms with Gasteiger partial charge < -0.3 is 15.2 Å². The third kappa shape index (κ3) is 4.10. The zero-order valence-corrected chi connectivity index (χ0v) is 15.2. The molecular formula is C18H30ClN3O. The van der Waals surface area contributed by atoms with Gasteiger partial charge in [-0.1, -0.05) is 19.3 Å². The van der Waals surface area contributed by atoms with Gasteiger partial charge >= 0.3 is 0 Å². The minimum absolute atomic E-state index is 0. The van der Waals surface area contributed by atoms with Crippen molar-refractivity contribution < 1.29 is 4.79 Å². The molecule has 0 spiro atoms. The minimum atomic E-state index is 0. The van der Waals surface area contributed by atoms with Crippen molar-refractivity contribution in [2.75, 3.05) is 13.1 Å². The molecule has 0 bridgehead atoms. The Kier molecular flexibility index (Phi) is 6.54. The Morgan fingerprint density at radius 1 is 1.17 bits per heavy atom. The van der Waals surface area contributed by atoms with Gasteiger partial charge in [-0.2, -0.15) is 0 Å². The van der Waals surface area contributed by atoms with Crippen molar-refractivity contribution in [3.63, 3.8) is 0 Å². The van der Waals surface area contributed by atoms with Crippen molar-refractivity contribution in [2.45, 2.75) is 70.9 Å². The number of hydrogen-bond donors (Lipinski definition) is 2. The summed E-state index contributed by atoms with van der Waals surface area (Å²) in [6, 6.07) is 2.95. The quantitative estimate of drug-likeness (QED) is 0.885. The summed E-state index contributed by atoms with van der Waals surface area (Å²) < 4.78 is 2.41. The Morgan fingerprint density at radius 3 is 2.57 bits per heavy atom. The first-order valence-corrected chi connectivity index (χ1v) is 8.87. The third-order valence-electron chi connectivity index (χ3n) is 5.30. The molecule has 1 aliphatic carbocycles. The van der Waals surface area contributed by atoms with Crippen molar-refractivity contribution in [1.82, 2.24) is 15.2 Å². The molecule has 0 radical (unpaired) electrons. The van der Waals surface area contributed by atoms with Crippen LogP contribution in [0.15, 0.2) is 6.07 Å². The number of nitrogens with one attached hydrogen (secondary N) is 2. The molecule has 1 atom stereocenters. The molecule has 1 amide bonds. The number of carbonyl (C=O) groups excluding carboxylic acids is 1. The molecule has 2 N–H and O–H groups in total. The zero-order valence-electron chi connectivity index (χ0n) is 14.4. The van der Waals surface area contributed by atoms with Crippen molar-refractivity contribution in [2.24, 2.45) is 0 Å². The van der Waals surface area contributed by atoms with E-state index in [1.54, 1.807) is 0 Å². The number of carbonyl (C=O) groups is 1. The zero-order chi connectivity index (χ0) is 15.5. The van der Waals surface area contributed by atoms with Gasteiger partial charge in [0.2, 0.25) is 0 Å². The molecule has 1 saturated carbocycles. The SMILES string of the molecule is Cc1cc(C(=O)N[C@H]2CCCNC2)c(C)n1C1CCCCC1.Cl. The standard InChI is InChI=1S/C18H29N3O.ClH/c1-13-11-17(18(22)20-15-7-6-10-19-12-15)14(2)21(13)16-8-4-3-5-9-16;/h11,15-16,19H,3-10,12H2,1-2H3,(H,20,22);1H/t15-;/m0./s1. The van der Waals surface area contributed by atoms with Gasteiger partial charge in [0.25, 0.3) is 5.91 Å². The summed E-state index contributed by atoms with van der Waals surface area (Å²) in [4.78, 5) is 12.6. The van der Waals surface area contributed by atoms with Crippen LogP contribution in [0, 0.1) is 13.8 Å². The monoisotopic (exact) mass is 339 g/mol. The normalized spacial score (nSPS) is 22.4. The highest BCUT2D eigenvalue weighted by Crippen LogP contribution is 2.32. The number of nitrogens with zero attached hydrogens (tertiary/aromatic N) is 1. The average molecular weight is 340 g/mol. The van der Waals surface area contributed by atoms with E-state index in [9.17, 15) is 4.79 Å². The van der Waals surface area contributed by atoms with Gasteiger partial charge in [0, 0.05) is 30.0 Å². The molecule has 1 aliphatic heterocycles. The van der Waals surface area contributed by atoms with Gasteiger partial charge in [-0.05, 0) is 52.1 Å². The summed E-state index contributed by atoms with van der Waals surface area (Å²) in [5.41, 5.74) is 3.25. The van der Waals surface area contributed by atoms with Gasteiger partial charge in [0.15, 0.2) is 0 Å². The molecule has 23 heavy (non-hydrogen) atoms. The molecular weight excluding hydrogens is 310 g/mol. The van der Waals surface area contributed by atoms with Gasteiger partial charge in [-0.15, -0.1) is 12.4 Å². The van der Waals surface area contributed by atoms with E-state index in [0.29, 0.717) is 6.04 Å². The summed E-state index contributed by atoms with van der Waals surface area (Å²) in [6.07, 6.45) is 8.73. The molecule has 0 aromatic carbocycles. The predicted molar refractivity (Wildman–Crippen MR) is 96.6 cm³/mol. The topological polar surface area (TPSA) is 46.1 Å². The molecule has 3 rings (SSSR count). The molecule has 1 aromatic heterocycles. The minimum Gasteiger partial charge on any atom is -0.348 e. The van der Waals surface area contributed by atoms with E-state index in [1.807, 2.05) is 0 Å². The molecule has 2 fully saturated rings. The van der Waals surface area contributed by atoms with E-state index in [-0.39, 0.29) is 24.4 Å². The van der Waals surface area contributed by atoms with Crippen LogP contribution in [0.3, 0.4) is 0 Å². The summed E-state index contributed by atoms with van der Waals surface area (Å²) in [5, 5.41) is 6.56. The lowest BCUT2D eigenvalue weighted by Crippen LogP contribution is -2.45. The van der Waals surface area contributed by atoms with Crippen molar-refractivity contribution >= 4 is 18.3 Å². The highest BCUT2D eigenvalue weighted by atomic mass is 35.5. The van der Waals surface area contributed by atoms with E-state index >= 15 is 0 Å². The van der Waals surface area contributed by atoms with Crippen LogP contribution in [-0.4, -0.2) is 29.6 Å². The van der Waals surface area contributed by atoms with Crippen LogP contribution < -0.4 is 10.6 Å². The lowest BCUT2D eigenvalue weighted by atomic mass is 9.95. The third-order valence-corrected chi connectivity index (χ3v) is 5.30. The van der Waals surface area contributed by atoms with Crippen LogP contribution in [0.5, 0.6) is 0 Å². The fraction of sp³-hybridized carbons (Fsp3) is 0.722. The largest absolute Gasteiger partial charge is 0.348 e. The Bertz CT molecular complexity index is 529. The number of rotatable bonds is 3. The molecule has 2 aliphatic rings. The Hall–Kier alpha value is -1.000. The number of amides is 1. The van der Waals surface area contributed by atoms with Gasteiger partial charge in [0.05, 0.1) is 5.56 Å². The second kappa shape index (κ2) is 8.20. The first-order chi connectivity index (χ1) is 10.7. The first-order valence-electron chi connectivity index (χ1n) is 8.87. The van der Waals surface area contributed by atoms with Crippen molar-refractivity contribution in [1.29, 1.82) is 0 Å². The van der Waals surface area contributed by atoms with E-state index in [4.69, 9.17) is 0 Å².